The van der Waals surface area contributed by atoms with E-state index in [9.17, 15) is 4.79 Å². The van der Waals surface area contributed by atoms with E-state index in [0.29, 0.717) is 5.54 Å². The first kappa shape index (κ1) is 28.0. The van der Waals surface area contributed by atoms with Gasteiger partial charge < -0.3 is 19.9 Å². The molecule has 4 rings (SSSR count). The number of thioether (sulfide) groups is 1. The largest absolute Gasteiger partial charge is 0.494 e. The van der Waals surface area contributed by atoms with Gasteiger partial charge in [0.2, 0.25) is 5.91 Å². The van der Waals surface area contributed by atoms with Crippen LogP contribution in [0.5, 0.6) is 5.75 Å². The summed E-state index contributed by atoms with van der Waals surface area (Å²) < 4.78 is 5.45. The van der Waals surface area contributed by atoms with Crippen molar-refractivity contribution in [2.24, 2.45) is 0 Å². The molecule has 1 fully saturated rings. The Balaban J connectivity index is 1.37. The van der Waals surface area contributed by atoms with Crippen molar-refractivity contribution >= 4 is 23.4 Å². The lowest BCUT2D eigenvalue weighted by Crippen LogP contribution is -2.46. The summed E-state index contributed by atoms with van der Waals surface area (Å²) in [4.78, 5) is 19.0. The summed E-state index contributed by atoms with van der Waals surface area (Å²) in [5.74, 6) is 1.03. The Morgan fingerprint density at radius 3 is 2.46 bits per heavy atom. The van der Waals surface area contributed by atoms with Crippen LogP contribution in [0.15, 0.2) is 53.4 Å². The number of rotatable bonds is 12. The lowest BCUT2D eigenvalue weighted by atomic mass is 9.83. The number of para-hydroxylation sites is 1. The number of benzene rings is 2. The molecule has 1 aliphatic carbocycles. The molecule has 1 atom stereocenters. The summed E-state index contributed by atoms with van der Waals surface area (Å²) in [6, 6.07) is 16.5. The highest BCUT2D eigenvalue weighted by molar-refractivity contribution is 8.01. The fourth-order valence-corrected chi connectivity index (χ4v) is 7.25. The van der Waals surface area contributed by atoms with Gasteiger partial charge in [-0.05, 0) is 102 Å². The van der Waals surface area contributed by atoms with E-state index in [1.54, 1.807) is 11.8 Å². The third kappa shape index (κ3) is 6.90. The van der Waals surface area contributed by atoms with Crippen molar-refractivity contribution in [1.29, 1.82) is 0 Å². The molecule has 0 bridgehead atoms. The average Bonchev–Trinajstić information content (AvgIpc) is 2.89. The molecule has 0 radical (unpaired) electrons. The quantitative estimate of drug-likeness (QED) is 0.323. The van der Waals surface area contributed by atoms with Crippen molar-refractivity contribution in [2.45, 2.75) is 79.9 Å². The molecule has 1 aliphatic heterocycles. The Morgan fingerprint density at radius 2 is 1.73 bits per heavy atom. The summed E-state index contributed by atoms with van der Waals surface area (Å²) >= 11 is 1.71. The maximum Gasteiger partial charge on any atom is 0.247 e. The highest BCUT2D eigenvalue weighted by Crippen LogP contribution is 2.53. The van der Waals surface area contributed by atoms with Gasteiger partial charge in [-0.1, -0.05) is 43.5 Å². The molecule has 202 valence electrons. The Morgan fingerprint density at radius 1 is 1.00 bits per heavy atom. The number of hydrogen-bond acceptors (Lipinski definition) is 5. The van der Waals surface area contributed by atoms with Crippen LogP contribution < -0.4 is 15.0 Å². The van der Waals surface area contributed by atoms with Crippen LogP contribution in [-0.4, -0.2) is 57.2 Å². The fraction of sp³-hybridized carbons (Fsp3) is 0.581. The van der Waals surface area contributed by atoms with Crippen LogP contribution in [-0.2, 0) is 9.54 Å². The minimum atomic E-state index is -0.626. The summed E-state index contributed by atoms with van der Waals surface area (Å²) in [6.45, 7) is 5.11. The van der Waals surface area contributed by atoms with Crippen LogP contribution in [0.4, 0.5) is 5.69 Å². The van der Waals surface area contributed by atoms with E-state index in [1.807, 2.05) is 36.2 Å². The molecule has 0 aromatic heterocycles. The first-order valence-corrected chi connectivity index (χ1v) is 14.8. The zero-order chi connectivity index (χ0) is 26.3. The van der Waals surface area contributed by atoms with Crippen molar-refractivity contribution in [1.82, 2.24) is 10.2 Å². The maximum absolute atomic E-state index is 13.8. The SMILES string of the molecule is CN(C)CCCC1(c2ccc(OCCCCNC3(C)CCCCC3)cc2)Sc2ccccc2N(C)C1=O. The number of likely N-dealkylation sites (N-methyl/N-ethyl adjacent to an activating group) is 1. The number of amides is 1. The molecule has 1 heterocycles. The van der Waals surface area contributed by atoms with E-state index >= 15 is 0 Å². The summed E-state index contributed by atoms with van der Waals surface area (Å²) in [7, 11) is 6.08. The highest BCUT2D eigenvalue weighted by atomic mass is 32.2. The molecule has 1 unspecified atom stereocenters. The van der Waals surface area contributed by atoms with E-state index < -0.39 is 4.75 Å². The average molecular weight is 524 g/mol. The second-order valence-electron chi connectivity index (χ2n) is 11.3. The van der Waals surface area contributed by atoms with Gasteiger partial charge in [-0.3, -0.25) is 4.79 Å². The van der Waals surface area contributed by atoms with Gasteiger partial charge in [0.05, 0.1) is 12.3 Å². The van der Waals surface area contributed by atoms with E-state index in [2.05, 4.69) is 55.5 Å². The van der Waals surface area contributed by atoms with E-state index in [1.165, 1.54) is 32.1 Å². The number of carbonyl (C=O) groups excluding carboxylic acids is 1. The molecule has 1 N–H and O–H groups in total. The summed E-state index contributed by atoms with van der Waals surface area (Å²) in [6.07, 6.45) is 10.6. The first-order chi connectivity index (χ1) is 17.8. The fourth-order valence-electron chi connectivity index (χ4n) is 5.70. The predicted octanol–water partition coefficient (Wildman–Crippen LogP) is 6.46. The Hall–Kier alpha value is -2.02. The number of anilines is 1. The normalized spacial score (nSPS) is 21.2. The van der Waals surface area contributed by atoms with Gasteiger partial charge in [-0.2, -0.15) is 0 Å². The monoisotopic (exact) mass is 523 g/mol. The van der Waals surface area contributed by atoms with Gasteiger partial charge >= 0.3 is 0 Å². The molecule has 37 heavy (non-hydrogen) atoms. The molecular formula is C31H45N3O2S. The van der Waals surface area contributed by atoms with Gasteiger partial charge in [0.15, 0.2) is 0 Å². The highest BCUT2D eigenvalue weighted by Gasteiger charge is 2.47. The van der Waals surface area contributed by atoms with Crippen molar-refractivity contribution < 1.29 is 9.53 Å². The number of nitrogens with zero attached hydrogens (tertiary/aromatic N) is 2. The molecule has 0 spiro atoms. The van der Waals surface area contributed by atoms with E-state index in [0.717, 1.165) is 67.3 Å². The second-order valence-corrected chi connectivity index (χ2v) is 12.6. The zero-order valence-electron chi connectivity index (χ0n) is 23.2. The van der Waals surface area contributed by atoms with Crippen molar-refractivity contribution in [3.8, 4) is 5.75 Å². The van der Waals surface area contributed by atoms with E-state index in [-0.39, 0.29) is 5.91 Å². The molecule has 1 amide bonds. The first-order valence-electron chi connectivity index (χ1n) is 14.0. The van der Waals surface area contributed by atoms with Gasteiger partial charge in [-0.15, -0.1) is 11.8 Å². The van der Waals surface area contributed by atoms with Crippen LogP contribution in [0, 0.1) is 0 Å². The minimum Gasteiger partial charge on any atom is -0.494 e. The topological polar surface area (TPSA) is 44.8 Å². The lowest BCUT2D eigenvalue weighted by Gasteiger charge is -2.41. The second kappa shape index (κ2) is 12.7. The van der Waals surface area contributed by atoms with Crippen LogP contribution in [0.1, 0.15) is 70.3 Å². The molecule has 6 heteroatoms. The van der Waals surface area contributed by atoms with Crippen LogP contribution in [0.3, 0.4) is 0 Å². The smallest absolute Gasteiger partial charge is 0.247 e. The van der Waals surface area contributed by atoms with Crippen LogP contribution >= 0.6 is 11.8 Å². The van der Waals surface area contributed by atoms with Gasteiger partial charge in [0.1, 0.15) is 10.5 Å². The Bertz CT molecular complexity index is 1020. The Labute approximate surface area is 228 Å². The molecule has 2 aromatic carbocycles. The summed E-state index contributed by atoms with van der Waals surface area (Å²) in [5, 5.41) is 3.79. The van der Waals surface area contributed by atoms with Crippen molar-refractivity contribution in [2.75, 3.05) is 45.7 Å². The van der Waals surface area contributed by atoms with Gasteiger partial charge in [0.25, 0.3) is 0 Å². The molecule has 5 nitrogen and oxygen atoms in total. The summed E-state index contributed by atoms with van der Waals surface area (Å²) in [5.41, 5.74) is 2.38. The number of fused-ring (bicyclic) bond motifs is 1. The number of unbranched alkanes of at least 4 members (excludes halogenated alkanes) is 1. The van der Waals surface area contributed by atoms with Gasteiger partial charge in [0, 0.05) is 17.5 Å². The Kier molecular flexibility index (Phi) is 9.60. The van der Waals surface area contributed by atoms with E-state index in [4.69, 9.17) is 4.74 Å². The van der Waals surface area contributed by atoms with Crippen LogP contribution in [0.25, 0.3) is 0 Å². The molecule has 1 saturated carbocycles. The lowest BCUT2D eigenvalue weighted by molar-refractivity contribution is -0.121. The third-order valence-corrected chi connectivity index (χ3v) is 9.49. The molecule has 2 aliphatic rings. The number of ether oxygens (including phenoxy) is 1. The van der Waals surface area contributed by atoms with Crippen LogP contribution in [0.2, 0.25) is 0 Å². The number of carbonyl (C=O) groups is 1. The molecule has 2 aromatic rings. The minimum absolute atomic E-state index is 0.155. The standard InChI is InChI=1S/C31H45N3O2S/c1-30(19-8-5-9-20-30)32-22-10-11-24-36-26-17-15-25(16-18-26)31(21-12-23-33(2)3)29(35)34(4)27-13-6-7-14-28(27)37-31/h6-7,13-18,32H,5,8-12,19-24H2,1-4H3. The molecular weight excluding hydrogens is 478 g/mol. The van der Waals surface area contributed by atoms with Gasteiger partial charge in [-0.25, -0.2) is 0 Å². The zero-order valence-corrected chi connectivity index (χ0v) is 24.0. The third-order valence-electron chi connectivity index (χ3n) is 7.96. The predicted molar refractivity (Wildman–Crippen MR) is 156 cm³/mol. The maximum atomic E-state index is 13.8. The molecule has 0 saturated heterocycles. The van der Waals surface area contributed by atoms with Crippen molar-refractivity contribution in [3.05, 3.63) is 54.1 Å². The number of nitrogens with one attached hydrogen (secondary N) is 1. The number of hydrogen-bond donors (Lipinski definition) is 1. The van der Waals surface area contributed by atoms with Crippen molar-refractivity contribution in [3.63, 3.8) is 0 Å².